The summed E-state index contributed by atoms with van der Waals surface area (Å²) >= 11 is 0. The molecule has 0 fully saturated rings. The van der Waals surface area contributed by atoms with E-state index >= 15 is 0 Å². The summed E-state index contributed by atoms with van der Waals surface area (Å²) in [4.78, 5) is 23.7. The number of nitrogens with zero attached hydrogens (tertiary/aromatic N) is 3. The van der Waals surface area contributed by atoms with Crippen molar-refractivity contribution >= 4 is 28.3 Å². The zero-order chi connectivity index (χ0) is 17.4. The third-order valence-electron chi connectivity index (χ3n) is 4.08. The first-order valence-corrected chi connectivity index (χ1v) is 8.01. The predicted molar refractivity (Wildman–Crippen MR) is 95.8 cm³/mol. The standard InChI is InChI=1S/C18H17N5O2/c1-3-25-18(24)14-9-12-8-11(4-5-13(12)22-14)15-10-21-17-16(19-2)20-6-7-23(15)17/h4-10,22H,3H2,1-2H3,(H,19,20). The number of fused-ring (bicyclic) bond motifs is 2. The zero-order valence-electron chi connectivity index (χ0n) is 13.9. The Bertz CT molecular complexity index is 1080. The first-order chi connectivity index (χ1) is 12.2. The van der Waals surface area contributed by atoms with Crippen LogP contribution in [0.4, 0.5) is 5.82 Å². The summed E-state index contributed by atoms with van der Waals surface area (Å²) < 4.78 is 7.03. The molecule has 3 heterocycles. The summed E-state index contributed by atoms with van der Waals surface area (Å²) in [5.74, 6) is 0.376. The second-order valence-corrected chi connectivity index (χ2v) is 5.57. The van der Waals surface area contributed by atoms with Crippen molar-refractivity contribution in [1.82, 2.24) is 19.4 Å². The molecule has 126 valence electrons. The Morgan fingerprint density at radius 1 is 1.32 bits per heavy atom. The van der Waals surface area contributed by atoms with Crippen molar-refractivity contribution in [2.75, 3.05) is 19.0 Å². The van der Waals surface area contributed by atoms with Gasteiger partial charge in [0.15, 0.2) is 11.5 Å². The van der Waals surface area contributed by atoms with Crippen molar-refractivity contribution in [1.29, 1.82) is 0 Å². The number of aromatic amines is 1. The van der Waals surface area contributed by atoms with E-state index in [0.29, 0.717) is 12.3 Å². The Kier molecular flexibility index (Phi) is 3.61. The summed E-state index contributed by atoms with van der Waals surface area (Å²) in [5, 5.41) is 3.98. The molecule has 4 aromatic rings. The van der Waals surface area contributed by atoms with Gasteiger partial charge in [-0.05, 0) is 25.1 Å². The van der Waals surface area contributed by atoms with Crippen molar-refractivity contribution in [2.24, 2.45) is 0 Å². The number of hydrogen-bond donors (Lipinski definition) is 2. The van der Waals surface area contributed by atoms with Crippen LogP contribution in [0.15, 0.2) is 42.9 Å². The average molecular weight is 335 g/mol. The van der Waals surface area contributed by atoms with Gasteiger partial charge >= 0.3 is 5.97 Å². The molecule has 0 aliphatic rings. The fraction of sp³-hybridized carbons (Fsp3) is 0.167. The number of esters is 1. The van der Waals surface area contributed by atoms with Crippen LogP contribution in [0.2, 0.25) is 0 Å². The van der Waals surface area contributed by atoms with Gasteiger partial charge in [0, 0.05) is 35.9 Å². The van der Waals surface area contributed by atoms with Gasteiger partial charge < -0.3 is 15.0 Å². The topological polar surface area (TPSA) is 84.3 Å². The number of aromatic nitrogens is 4. The SMILES string of the molecule is CCOC(=O)c1cc2cc(-c3cnc4c(NC)nccn34)ccc2[nH]1. The zero-order valence-corrected chi connectivity index (χ0v) is 13.9. The number of carbonyl (C=O) groups is 1. The highest BCUT2D eigenvalue weighted by molar-refractivity contribution is 5.96. The summed E-state index contributed by atoms with van der Waals surface area (Å²) in [6, 6.07) is 7.78. The second-order valence-electron chi connectivity index (χ2n) is 5.57. The maximum atomic E-state index is 11.9. The Balaban J connectivity index is 1.81. The van der Waals surface area contributed by atoms with E-state index in [-0.39, 0.29) is 5.97 Å². The van der Waals surface area contributed by atoms with Crippen molar-refractivity contribution in [3.05, 3.63) is 48.5 Å². The van der Waals surface area contributed by atoms with Gasteiger partial charge in [0.1, 0.15) is 5.69 Å². The summed E-state index contributed by atoms with van der Waals surface area (Å²) in [7, 11) is 1.82. The second kappa shape index (κ2) is 5.94. The smallest absolute Gasteiger partial charge is 0.354 e. The molecule has 0 unspecified atom stereocenters. The Hall–Kier alpha value is -3.35. The molecule has 0 aliphatic heterocycles. The van der Waals surface area contributed by atoms with Gasteiger partial charge in [-0.1, -0.05) is 6.07 Å². The van der Waals surface area contributed by atoms with Gasteiger partial charge in [-0.25, -0.2) is 14.8 Å². The Labute approximate surface area is 143 Å². The Morgan fingerprint density at radius 2 is 2.20 bits per heavy atom. The van der Waals surface area contributed by atoms with Crippen LogP contribution in [0, 0.1) is 0 Å². The number of imidazole rings is 1. The summed E-state index contributed by atoms with van der Waals surface area (Å²) in [5.41, 5.74) is 4.06. The van der Waals surface area contributed by atoms with Crippen LogP contribution in [-0.2, 0) is 4.74 Å². The lowest BCUT2D eigenvalue weighted by molar-refractivity contribution is 0.0520. The van der Waals surface area contributed by atoms with Gasteiger partial charge in [-0.2, -0.15) is 0 Å². The minimum absolute atomic E-state index is 0.347. The van der Waals surface area contributed by atoms with Crippen LogP contribution >= 0.6 is 0 Å². The number of benzene rings is 1. The molecule has 0 saturated carbocycles. The molecular formula is C18H17N5O2. The van der Waals surface area contributed by atoms with Crippen LogP contribution in [-0.4, -0.2) is 39.0 Å². The number of ether oxygens (including phenoxy) is 1. The third kappa shape index (κ3) is 2.50. The van der Waals surface area contributed by atoms with Gasteiger partial charge in [-0.15, -0.1) is 0 Å². The van der Waals surface area contributed by atoms with Crippen LogP contribution in [0.25, 0.3) is 27.8 Å². The van der Waals surface area contributed by atoms with E-state index in [9.17, 15) is 4.79 Å². The fourth-order valence-corrected chi connectivity index (χ4v) is 2.92. The molecule has 0 radical (unpaired) electrons. The van der Waals surface area contributed by atoms with Crippen molar-refractivity contribution in [3.63, 3.8) is 0 Å². The lowest BCUT2D eigenvalue weighted by Gasteiger charge is -2.04. The molecule has 0 spiro atoms. The lowest BCUT2D eigenvalue weighted by Crippen LogP contribution is -2.04. The number of carbonyl (C=O) groups excluding carboxylic acids is 1. The molecular weight excluding hydrogens is 318 g/mol. The summed E-state index contributed by atoms with van der Waals surface area (Å²) in [6.07, 6.45) is 5.43. The monoisotopic (exact) mass is 335 g/mol. The van der Waals surface area contributed by atoms with Gasteiger partial charge in [-0.3, -0.25) is 4.40 Å². The van der Waals surface area contributed by atoms with Crippen LogP contribution in [0.1, 0.15) is 17.4 Å². The van der Waals surface area contributed by atoms with E-state index in [4.69, 9.17) is 4.74 Å². The minimum Gasteiger partial charge on any atom is -0.461 e. The van der Waals surface area contributed by atoms with E-state index in [2.05, 4.69) is 20.3 Å². The number of hydrogen-bond acceptors (Lipinski definition) is 5. The van der Waals surface area contributed by atoms with Gasteiger partial charge in [0.2, 0.25) is 0 Å². The van der Waals surface area contributed by atoms with Crippen LogP contribution in [0.5, 0.6) is 0 Å². The largest absolute Gasteiger partial charge is 0.461 e. The lowest BCUT2D eigenvalue weighted by atomic mass is 10.1. The molecule has 0 aliphatic carbocycles. The third-order valence-corrected chi connectivity index (χ3v) is 4.08. The van der Waals surface area contributed by atoms with Gasteiger partial charge in [0.05, 0.1) is 18.5 Å². The highest BCUT2D eigenvalue weighted by Gasteiger charge is 2.13. The van der Waals surface area contributed by atoms with E-state index in [0.717, 1.165) is 33.6 Å². The molecule has 3 aromatic heterocycles. The first kappa shape index (κ1) is 15.2. The van der Waals surface area contributed by atoms with Crippen LogP contribution in [0.3, 0.4) is 0 Å². The van der Waals surface area contributed by atoms with E-state index in [1.165, 1.54) is 0 Å². The maximum absolute atomic E-state index is 11.9. The summed E-state index contributed by atoms with van der Waals surface area (Å²) in [6.45, 7) is 2.14. The quantitative estimate of drug-likeness (QED) is 0.560. The normalized spacial score (nSPS) is 11.1. The predicted octanol–water partition coefficient (Wildman–Crippen LogP) is 3.10. The molecule has 4 rings (SSSR count). The molecule has 7 heteroatoms. The highest BCUT2D eigenvalue weighted by atomic mass is 16.5. The minimum atomic E-state index is -0.347. The van der Waals surface area contributed by atoms with Crippen molar-refractivity contribution < 1.29 is 9.53 Å². The number of H-pyrrole nitrogens is 1. The van der Waals surface area contributed by atoms with Crippen molar-refractivity contribution in [2.45, 2.75) is 6.92 Å². The molecule has 2 N–H and O–H groups in total. The Morgan fingerprint density at radius 3 is 3.00 bits per heavy atom. The van der Waals surface area contributed by atoms with Gasteiger partial charge in [0.25, 0.3) is 0 Å². The average Bonchev–Trinajstić information content (AvgIpc) is 3.25. The number of anilines is 1. The molecule has 25 heavy (non-hydrogen) atoms. The molecule has 1 aromatic carbocycles. The number of rotatable bonds is 4. The maximum Gasteiger partial charge on any atom is 0.354 e. The molecule has 0 amide bonds. The fourth-order valence-electron chi connectivity index (χ4n) is 2.92. The number of nitrogens with one attached hydrogen (secondary N) is 2. The van der Waals surface area contributed by atoms with E-state index in [1.807, 2.05) is 42.0 Å². The molecule has 0 atom stereocenters. The molecule has 0 saturated heterocycles. The van der Waals surface area contributed by atoms with E-state index in [1.54, 1.807) is 19.2 Å². The first-order valence-electron chi connectivity index (χ1n) is 8.01. The molecule has 7 nitrogen and oxygen atoms in total. The molecule has 0 bridgehead atoms. The van der Waals surface area contributed by atoms with Crippen LogP contribution < -0.4 is 5.32 Å². The van der Waals surface area contributed by atoms with E-state index < -0.39 is 0 Å². The van der Waals surface area contributed by atoms with Crippen molar-refractivity contribution in [3.8, 4) is 11.3 Å². The highest BCUT2D eigenvalue weighted by Crippen LogP contribution is 2.27.